The van der Waals surface area contributed by atoms with Gasteiger partial charge in [-0.25, -0.2) is 0 Å². The fraction of sp³-hybridized carbons (Fsp3) is 0.900. The van der Waals surface area contributed by atoms with Gasteiger partial charge in [-0.05, 0) is 85.9 Å². The van der Waals surface area contributed by atoms with E-state index in [-0.39, 0.29) is 5.41 Å². The van der Waals surface area contributed by atoms with Crippen LogP contribution in [0.1, 0.15) is 124 Å². The smallest absolute Gasteiger partial charge is 0.399 e. The molecule has 35 heavy (non-hydrogen) atoms. The minimum Gasteiger partial charge on any atom is -0.462 e. The number of hydrogen-bond acceptors (Lipinski definition) is 2. The van der Waals surface area contributed by atoms with Gasteiger partial charge in [0, 0.05) is 6.42 Å². The molecule has 3 fully saturated rings. The number of ether oxygens (including phenoxy) is 1. The van der Waals surface area contributed by atoms with Crippen molar-refractivity contribution in [2.75, 3.05) is 0 Å². The minimum absolute atomic E-state index is 0.120. The Labute approximate surface area is 210 Å². The van der Waals surface area contributed by atoms with Crippen molar-refractivity contribution in [2.24, 2.45) is 34.5 Å². The van der Waals surface area contributed by atoms with E-state index in [1.54, 1.807) is 0 Å². The SMILES string of the molecule is CCCCCCCC[C@@H]1CC[C@@H]2[C@H]3CC=C4C[C@@H](OC(=O)CC(F)(F)F)CC[C@]4(C)[C@@H]3CC[C@]12C. The molecule has 5 heteroatoms. The van der Waals surface area contributed by atoms with Gasteiger partial charge in [0.05, 0.1) is 0 Å². The Morgan fingerprint density at radius 1 is 1.00 bits per heavy atom. The zero-order chi connectivity index (χ0) is 25.3. The number of carbonyl (C=O) groups excluding carboxylic acids is 1. The topological polar surface area (TPSA) is 26.3 Å². The molecule has 4 rings (SSSR count). The predicted octanol–water partition coefficient (Wildman–Crippen LogP) is 9.18. The summed E-state index contributed by atoms with van der Waals surface area (Å²) in [5.74, 6) is 1.96. The molecule has 0 aromatic heterocycles. The first-order chi connectivity index (χ1) is 16.6. The Morgan fingerprint density at radius 2 is 1.74 bits per heavy atom. The summed E-state index contributed by atoms with van der Waals surface area (Å²) in [5.41, 5.74) is 1.95. The standard InChI is InChI=1S/C30H47F3O2/c1-4-5-6-7-8-9-10-21-12-14-25-24-13-11-22-19-23(35-27(34)20-30(31,32)33)15-17-29(22,3)26(24)16-18-28(21,25)2/h11,21,23-26H,4-10,12-20H2,1-3H3/t21-,23+,24-,25-,26-,28-,29+/m1/s1. The summed E-state index contributed by atoms with van der Waals surface area (Å²) in [6, 6.07) is 0. The lowest BCUT2D eigenvalue weighted by atomic mass is 9.47. The molecule has 2 nitrogen and oxygen atoms in total. The van der Waals surface area contributed by atoms with Gasteiger partial charge in [-0.3, -0.25) is 4.79 Å². The summed E-state index contributed by atoms with van der Waals surface area (Å²) >= 11 is 0. The zero-order valence-electron chi connectivity index (χ0n) is 22.2. The number of allylic oxidation sites excluding steroid dienone is 1. The first-order valence-electron chi connectivity index (χ1n) is 14.5. The highest BCUT2D eigenvalue weighted by Gasteiger charge is 2.58. The quantitative estimate of drug-likeness (QED) is 0.181. The molecule has 4 aliphatic rings. The largest absolute Gasteiger partial charge is 0.462 e. The van der Waals surface area contributed by atoms with Crippen molar-refractivity contribution in [3.8, 4) is 0 Å². The number of hydrogen-bond donors (Lipinski definition) is 0. The molecule has 0 unspecified atom stereocenters. The molecular formula is C30H47F3O2. The van der Waals surface area contributed by atoms with Crippen molar-refractivity contribution in [1.29, 1.82) is 0 Å². The second kappa shape index (κ2) is 10.8. The number of halogens is 3. The van der Waals surface area contributed by atoms with Gasteiger partial charge in [-0.1, -0.05) is 70.9 Å². The molecule has 0 radical (unpaired) electrons. The molecule has 200 valence electrons. The van der Waals surface area contributed by atoms with Crippen LogP contribution in [0.15, 0.2) is 11.6 Å². The maximum absolute atomic E-state index is 12.6. The molecule has 0 aliphatic heterocycles. The molecule has 3 saturated carbocycles. The zero-order valence-corrected chi connectivity index (χ0v) is 22.2. The average Bonchev–Trinajstić information content (AvgIpc) is 3.11. The van der Waals surface area contributed by atoms with Crippen molar-refractivity contribution < 1.29 is 22.7 Å². The van der Waals surface area contributed by atoms with E-state index >= 15 is 0 Å². The Bertz CT molecular complexity index is 774. The summed E-state index contributed by atoms with van der Waals surface area (Å²) in [4.78, 5) is 11.8. The van der Waals surface area contributed by atoms with Crippen LogP contribution in [-0.2, 0) is 9.53 Å². The Kier molecular flexibility index (Phi) is 8.33. The van der Waals surface area contributed by atoms with E-state index in [1.165, 1.54) is 76.2 Å². The van der Waals surface area contributed by atoms with E-state index in [4.69, 9.17) is 4.74 Å². The van der Waals surface area contributed by atoms with E-state index in [0.29, 0.717) is 24.2 Å². The molecule has 0 saturated heterocycles. The Hall–Kier alpha value is -1.00. The minimum atomic E-state index is -4.50. The molecule has 7 atom stereocenters. The molecule has 0 heterocycles. The van der Waals surface area contributed by atoms with E-state index in [1.807, 2.05) is 0 Å². The molecule has 0 spiro atoms. The van der Waals surface area contributed by atoms with Crippen molar-refractivity contribution in [2.45, 2.75) is 136 Å². The van der Waals surface area contributed by atoms with Crippen LogP contribution >= 0.6 is 0 Å². The van der Waals surface area contributed by atoms with Crippen LogP contribution in [0.5, 0.6) is 0 Å². The summed E-state index contributed by atoms with van der Waals surface area (Å²) in [7, 11) is 0. The monoisotopic (exact) mass is 496 g/mol. The lowest BCUT2D eigenvalue weighted by Gasteiger charge is -2.58. The van der Waals surface area contributed by atoms with Crippen molar-refractivity contribution in [3.05, 3.63) is 11.6 Å². The van der Waals surface area contributed by atoms with Crippen LogP contribution in [0.25, 0.3) is 0 Å². The molecule has 0 aromatic carbocycles. The van der Waals surface area contributed by atoms with Crippen LogP contribution in [0.3, 0.4) is 0 Å². The van der Waals surface area contributed by atoms with Gasteiger partial charge in [0.25, 0.3) is 0 Å². The highest BCUT2D eigenvalue weighted by atomic mass is 19.4. The summed E-state index contributed by atoms with van der Waals surface area (Å²) < 4.78 is 42.9. The lowest BCUT2D eigenvalue weighted by molar-refractivity contribution is -0.176. The third-order valence-corrected chi connectivity index (χ3v) is 10.8. The molecule has 0 amide bonds. The van der Waals surface area contributed by atoms with Crippen LogP contribution < -0.4 is 0 Å². The van der Waals surface area contributed by atoms with Gasteiger partial charge >= 0.3 is 12.1 Å². The first kappa shape index (κ1) is 27.0. The Balaban J connectivity index is 1.36. The van der Waals surface area contributed by atoms with Crippen LogP contribution in [0.4, 0.5) is 13.2 Å². The highest BCUT2D eigenvalue weighted by Crippen LogP contribution is 2.66. The van der Waals surface area contributed by atoms with E-state index in [9.17, 15) is 18.0 Å². The highest BCUT2D eigenvalue weighted by molar-refractivity contribution is 5.70. The average molecular weight is 497 g/mol. The number of rotatable bonds is 9. The van der Waals surface area contributed by atoms with Crippen molar-refractivity contribution >= 4 is 5.97 Å². The van der Waals surface area contributed by atoms with E-state index < -0.39 is 24.7 Å². The molecule has 0 bridgehead atoms. The summed E-state index contributed by atoms with van der Waals surface area (Å²) in [5, 5.41) is 0. The number of carbonyl (C=O) groups is 1. The fourth-order valence-electron chi connectivity index (χ4n) is 8.87. The Morgan fingerprint density at radius 3 is 2.49 bits per heavy atom. The first-order valence-corrected chi connectivity index (χ1v) is 14.5. The number of esters is 1. The molecule has 4 aliphatic carbocycles. The number of alkyl halides is 3. The maximum Gasteiger partial charge on any atom is 0.399 e. The second-order valence-electron chi connectivity index (χ2n) is 12.8. The third kappa shape index (κ3) is 5.79. The molecule has 0 N–H and O–H groups in total. The fourth-order valence-corrected chi connectivity index (χ4v) is 8.87. The maximum atomic E-state index is 12.6. The molecular weight excluding hydrogens is 449 g/mol. The van der Waals surface area contributed by atoms with Crippen molar-refractivity contribution in [3.63, 3.8) is 0 Å². The lowest BCUT2D eigenvalue weighted by Crippen LogP contribution is -2.50. The van der Waals surface area contributed by atoms with Gasteiger partial charge in [0.2, 0.25) is 0 Å². The third-order valence-electron chi connectivity index (χ3n) is 10.8. The van der Waals surface area contributed by atoms with Gasteiger partial charge < -0.3 is 4.74 Å². The van der Waals surface area contributed by atoms with Crippen LogP contribution in [-0.4, -0.2) is 18.2 Å². The van der Waals surface area contributed by atoms with E-state index in [2.05, 4.69) is 26.8 Å². The van der Waals surface area contributed by atoms with Gasteiger partial charge in [-0.2, -0.15) is 13.2 Å². The normalized spacial score (nSPS) is 38.8. The van der Waals surface area contributed by atoms with Crippen LogP contribution in [0.2, 0.25) is 0 Å². The number of fused-ring (bicyclic) bond motifs is 5. The van der Waals surface area contributed by atoms with Crippen LogP contribution in [0, 0.1) is 34.5 Å². The summed E-state index contributed by atoms with van der Waals surface area (Å²) in [6.45, 7) is 7.27. The second-order valence-corrected chi connectivity index (χ2v) is 12.8. The molecule has 0 aromatic rings. The van der Waals surface area contributed by atoms with Gasteiger partial charge in [-0.15, -0.1) is 0 Å². The summed E-state index contributed by atoms with van der Waals surface area (Å²) in [6.07, 6.45) is 14.4. The van der Waals surface area contributed by atoms with E-state index in [0.717, 1.165) is 30.6 Å². The number of unbranched alkanes of at least 4 members (excludes halogenated alkanes) is 5. The van der Waals surface area contributed by atoms with Crippen molar-refractivity contribution in [1.82, 2.24) is 0 Å². The van der Waals surface area contributed by atoms with Gasteiger partial charge in [0.15, 0.2) is 0 Å². The van der Waals surface area contributed by atoms with Gasteiger partial charge in [0.1, 0.15) is 12.5 Å². The predicted molar refractivity (Wildman–Crippen MR) is 134 cm³/mol.